The molecule has 34 heavy (non-hydrogen) atoms. The lowest BCUT2D eigenvalue weighted by Gasteiger charge is -2.34. The second-order valence-corrected chi connectivity index (χ2v) is 9.56. The van der Waals surface area contributed by atoms with Gasteiger partial charge in [-0.2, -0.15) is 0 Å². The van der Waals surface area contributed by atoms with Crippen molar-refractivity contribution in [2.75, 3.05) is 25.1 Å². The molecule has 1 aliphatic rings. The van der Waals surface area contributed by atoms with Gasteiger partial charge in [0.05, 0.1) is 18.7 Å². The highest BCUT2D eigenvalue weighted by Gasteiger charge is 2.25. The maximum absolute atomic E-state index is 13.3. The molecular weight excluding hydrogens is 426 g/mol. The molecule has 2 aromatic carbocycles. The Kier molecular flexibility index (Phi) is 7.37. The van der Waals surface area contributed by atoms with Crippen molar-refractivity contribution < 1.29 is 14.6 Å². The number of piperidine rings is 1. The Bertz CT molecular complexity index is 1140. The first-order valence-electron chi connectivity index (χ1n) is 12.1. The largest absolute Gasteiger partial charge is 0.497 e. The van der Waals surface area contributed by atoms with Crippen LogP contribution in [0.15, 0.2) is 48.5 Å². The van der Waals surface area contributed by atoms with Gasteiger partial charge in [0, 0.05) is 43.0 Å². The Morgan fingerprint density at radius 3 is 2.65 bits per heavy atom. The highest BCUT2D eigenvalue weighted by molar-refractivity contribution is 5.85. The van der Waals surface area contributed by atoms with E-state index in [0.29, 0.717) is 19.6 Å². The molecule has 4 rings (SSSR count). The summed E-state index contributed by atoms with van der Waals surface area (Å²) in [7, 11) is 1.65. The fraction of sp³-hybridized carbons (Fsp3) is 0.429. The minimum Gasteiger partial charge on any atom is -0.497 e. The maximum Gasteiger partial charge on any atom is 0.225 e. The van der Waals surface area contributed by atoms with Crippen LogP contribution in [-0.2, 0) is 17.9 Å². The first kappa shape index (κ1) is 24.0. The summed E-state index contributed by atoms with van der Waals surface area (Å²) in [6.45, 7) is 8.33. The van der Waals surface area contributed by atoms with Gasteiger partial charge >= 0.3 is 0 Å². The molecule has 180 valence electrons. The number of carbonyl (C=O) groups is 1. The van der Waals surface area contributed by atoms with Crippen molar-refractivity contribution in [3.8, 4) is 5.75 Å². The standard InChI is InChI=1S/C28H35N3O3/c1-19(2)28(33)31(16-21-10-12-25(34-4)13-11-21)17-23-15-22-8-5-7-20(3)26(22)29-27(23)30-14-6-9-24(32)18-30/h5,7-8,10-13,15,19,24,32H,6,9,14,16-18H2,1-4H3. The number of para-hydroxylation sites is 1. The SMILES string of the molecule is COc1ccc(CN(Cc2cc3cccc(C)c3nc2N2CCCC(O)C2)C(=O)C(C)C)cc1. The zero-order valence-corrected chi connectivity index (χ0v) is 20.6. The molecule has 2 heterocycles. The van der Waals surface area contributed by atoms with Crippen LogP contribution < -0.4 is 9.64 Å². The van der Waals surface area contributed by atoms with Crippen LogP contribution in [0.4, 0.5) is 5.82 Å². The number of aliphatic hydroxyl groups is 1. The molecule has 1 saturated heterocycles. The molecule has 0 bridgehead atoms. The number of aryl methyl sites for hydroxylation is 1. The molecule has 1 unspecified atom stereocenters. The molecule has 6 heteroatoms. The maximum atomic E-state index is 13.3. The van der Waals surface area contributed by atoms with E-state index in [1.54, 1.807) is 7.11 Å². The van der Waals surface area contributed by atoms with Gasteiger partial charge in [-0.3, -0.25) is 4.79 Å². The number of carbonyl (C=O) groups excluding carboxylic acids is 1. The third-order valence-electron chi connectivity index (χ3n) is 6.50. The normalized spacial score (nSPS) is 16.2. The van der Waals surface area contributed by atoms with Gasteiger partial charge in [-0.25, -0.2) is 4.98 Å². The monoisotopic (exact) mass is 461 g/mol. The number of β-amino-alcohol motifs (C(OH)–C–C–N with tert-alkyl or cyclic N) is 1. The number of pyridine rings is 1. The minimum absolute atomic E-state index is 0.102. The van der Waals surface area contributed by atoms with Crippen molar-refractivity contribution in [2.45, 2.75) is 52.8 Å². The summed E-state index contributed by atoms with van der Waals surface area (Å²) >= 11 is 0. The highest BCUT2D eigenvalue weighted by Crippen LogP contribution is 2.30. The molecule has 1 aromatic heterocycles. The number of amides is 1. The lowest BCUT2D eigenvalue weighted by atomic mass is 10.0. The van der Waals surface area contributed by atoms with Crippen molar-refractivity contribution in [2.24, 2.45) is 5.92 Å². The van der Waals surface area contributed by atoms with E-state index >= 15 is 0 Å². The molecule has 1 aliphatic heterocycles. The predicted molar refractivity (Wildman–Crippen MR) is 136 cm³/mol. The average Bonchev–Trinajstić information content (AvgIpc) is 2.83. The lowest BCUT2D eigenvalue weighted by molar-refractivity contribution is -0.135. The van der Waals surface area contributed by atoms with Gasteiger partial charge in [0.1, 0.15) is 11.6 Å². The van der Waals surface area contributed by atoms with Crippen molar-refractivity contribution in [1.29, 1.82) is 0 Å². The molecule has 0 radical (unpaired) electrons. The topological polar surface area (TPSA) is 65.9 Å². The van der Waals surface area contributed by atoms with Crippen LogP contribution in [0.3, 0.4) is 0 Å². The van der Waals surface area contributed by atoms with Crippen LogP contribution in [-0.4, -0.2) is 47.2 Å². The zero-order chi connectivity index (χ0) is 24.2. The summed E-state index contributed by atoms with van der Waals surface area (Å²) in [5.74, 6) is 1.65. The average molecular weight is 462 g/mol. The molecular formula is C28H35N3O3. The van der Waals surface area contributed by atoms with Gasteiger partial charge in [0.15, 0.2) is 0 Å². The summed E-state index contributed by atoms with van der Waals surface area (Å²) < 4.78 is 5.28. The van der Waals surface area contributed by atoms with Crippen molar-refractivity contribution >= 4 is 22.6 Å². The molecule has 0 aliphatic carbocycles. The molecule has 1 atom stereocenters. The molecule has 0 saturated carbocycles. The van der Waals surface area contributed by atoms with E-state index in [-0.39, 0.29) is 17.9 Å². The van der Waals surface area contributed by atoms with E-state index in [9.17, 15) is 9.90 Å². The van der Waals surface area contributed by atoms with Crippen LogP contribution in [0.5, 0.6) is 5.75 Å². The molecule has 0 spiro atoms. The zero-order valence-electron chi connectivity index (χ0n) is 20.6. The van der Waals surface area contributed by atoms with E-state index in [1.807, 2.05) is 49.1 Å². The number of hydrogen-bond acceptors (Lipinski definition) is 5. The number of fused-ring (bicyclic) bond motifs is 1. The van der Waals surface area contributed by atoms with E-state index in [0.717, 1.165) is 58.5 Å². The van der Waals surface area contributed by atoms with Gasteiger partial charge in [0.25, 0.3) is 0 Å². The third-order valence-corrected chi connectivity index (χ3v) is 6.50. The quantitative estimate of drug-likeness (QED) is 0.553. The smallest absolute Gasteiger partial charge is 0.225 e. The number of hydrogen-bond donors (Lipinski definition) is 1. The second-order valence-electron chi connectivity index (χ2n) is 9.56. The number of ether oxygens (including phenoxy) is 1. The number of nitrogens with zero attached hydrogens (tertiary/aromatic N) is 3. The van der Waals surface area contributed by atoms with Crippen LogP contribution in [0.25, 0.3) is 10.9 Å². The Morgan fingerprint density at radius 2 is 1.97 bits per heavy atom. The number of aromatic nitrogens is 1. The fourth-order valence-corrected chi connectivity index (χ4v) is 4.65. The number of anilines is 1. The van der Waals surface area contributed by atoms with Crippen molar-refractivity contribution in [1.82, 2.24) is 9.88 Å². The molecule has 1 N–H and O–H groups in total. The van der Waals surface area contributed by atoms with Gasteiger partial charge in [-0.1, -0.05) is 44.2 Å². The van der Waals surface area contributed by atoms with Gasteiger partial charge in [-0.05, 0) is 49.1 Å². The van der Waals surface area contributed by atoms with Crippen molar-refractivity contribution in [3.63, 3.8) is 0 Å². The molecule has 3 aromatic rings. The Balaban J connectivity index is 1.73. The van der Waals surface area contributed by atoms with Crippen LogP contribution in [0, 0.1) is 12.8 Å². The third kappa shape index (κ3) is 5.33. The molecule has 6 nitrogen and oxygen atoms in total. The highest BCUT2D eigenvalue weighted by atomic mass is 16.5. The summed E-state index contributed by atoms with van der Waals surface area (Å²) in [4.78, 5) is 22.4. The number of aliphatic hydroxyl groups excluding tert-OH is 1. The number of methoxy groups -OCH3 is 1. The van der Waals surface area contributed by atoms with Gasteiger partial charge < -0.3 is 19.6 Å². The Hall–Kier alpha value is -3.12. The lowest BCUT2D eigenvalue weighted by Crippen LogP contribution is -2.40. The van der Waals surface area contributed by atoms with E-state index in [1.165, 1.54) is 0 Å². The van der Waals surface area contributed by atoms with E-state index in [2.05, 4.69) is 30.0 Å². The Morgan fingerprint density at radius 1 is 1.21 bits per heavy atom. The van der Waals surface area contributed by atoms with Crippen LogP contribution in [0.2, 0.25) is 0 Å². The number of benzene rings is 2. The van der Waals surface area contributed by atoms with Gasteiger partial charge in [0.2, 0.25) is 5.91 Å². The summed E-state index contributed by atoms with van der Waals surface area (Å²) in [5.41, 5.74) is 4.15. The van der Waals surface area contributed by atoms with Crippen LogP contribution >= 0.6 is 0 Å². The first-order valence-corrected chi connectivity index (χ1v) is 12.1. The predicted octanol–water partition coefficient (Wildman–Crippen LogP) is 4.70. The second kappa shape index (κ2) is 10.4. The summed E-state index contributed by atoms with van der Waals surface area (Å²) in [5, 5.41) is 11.4. The first-order chi connectivity index (χ1) is 16.4. The molecule has 1 amide bonds. The number of rotatable bonds is 7. The van der Waals surface area contributed by atoms with Crippen LogP contribution in [0.1, 0.15) is 43.4 Å². The van der Waals surface area contributed by atoms with E-state index < -0.39 is 0 Å². The van der Waals surface area contributed by atoms with Crippen molar-refractivity contribution in [3.05, 3.63) is 65.2 Å². The fourth-order valence-electron chi connectivity index (χ4n) is 4.65. The Labute approximate surface area is 202 Å². The van der Waals surface area contributed by atoms with E-state index in [4.69, 9.17) is 9.72 Å². The molecule has 1 fully saturated rings. The minimum atomic E-state index is -0.358. The summed E-state index contributed by atoms with van der Waals surface area (Å²) in [6, 6.07) is 16.2. The summed E-state index contributed by atoms with van der Waals surface area (Å²) in [6.07, 6.45) is 1.38. The van der Waals surface area contributed by atoms with Gasteiger partial charge in [-0.15, -0.1) is 0 Å².